The Kier molecular flexibility index (Phi) is 4.08. The van der Waals surface area contributed by atoms with Crippen LogP contribution in [0.4, 0.5) is 11.4 Å². The van der Waals surface area contributed by atoms with Crippen molar-refractivity contribution in [3.63, 3.8) is 0 Å². The minimum absolute atomic E-state index is 0.690. The topological polar surface area (TPSA) is 29.3 Å². The normalized spacial score (nSPS) is 10.2. The van der Waals surface area contributed by atoms with Gasteiger partial charge in [0.05, 0.1) is 11.4 Å². The van der Waals surface area contributed by atoms with Gasteiger partial charge in [-0.1, -0.05) is 24.9 Å². The first kappa shape index (κ1) is 11.2. The van der Waals surface area contributed by atoms with Crippen molar-refractivity contribution < 1.29 is 0 Å². The molecule has 0 unspecified atom stereocenters. The van der Waals surface area contributed by atoms with Crippen molar-refractivity contribution in [3.8, 4) is 0 Å². The molecule has 1 rings (SSSR count). The van der Waals surface area contributed by atoms with Crippen LogP contribution in [0.5, 0.6) is 0 Å². The van der Waals surface area contributed by atoms with E-state index in [4.69, 9.17) is 17.3 Å². The molecule has 78 valence electrons. The lowest BCUT2D eigenvalue weighted by atomic mass is 10.2. The highest BCUT2D eigenvalue weighted by Crippen LogP contribution is 2.25. The summed E-state index contributed by atoms with van der Waals surface area (Å²) >= 11 is 5.83. The molecule has 14 heavy (non-hydrogen) atoms. The van der Waals surface area contributed by atoms with Gasteiger partial charge in [0.25, 0.3) is 0 Å². The number of rotatable bonds is 4. The van der Waals surface area contributed by atoms with Crippen molar-refractivity contribution in [3.05, 3.63) is 23.2 Å². The molecule has 3 heteroatoms. The highest BCUT2D eigenvalue weighted by Gasteiger charge is 2.04. The summed E-state index contributed by atoms with van der Waals surface area (Å²) in [7, 11) is 2.05. The molecule has 2 nitrogen and oxygen atoms in total. The van der Waals surface area contributed by atoms with E-state index in [0.29, 0.717) is 5.02 Å². The highest BCUT2D eigenvalue weighted by atomic mass is 35.5. The Hall–Kier alpha value is -0.890. The SMILES string of the molecule is CCCCN(C)c1ccc(Cl)cc1N. The number of nitrogens with two attached hydrogens (primary N) is 1. The molecule has 0 bridgehead atoms. The minimum Gasteiger partial charge on any atom is -0.397 e. The average molecular weight is 213 g/mol. The fourth-order valence-electron chi connectivity index (χ4n) is 1.39. The van der Waals surface area contributed by atoms with Gasteiger partial charge in [0, 0.05) is 18.6 Å². The van der Waals surface area contributed by atoms with E-state index in [1.165, 1.54) is 12.8 Å². The molecule has 0 atom stereocenters. The zero-order chi connectivity index (χ0) is 10.6. The maximum Gasteiger partial charge on any atom is 0.0598 e. The van der Waals surface area contributed by atoms with Crippen LogP contribution in [0.25, 0.3) is 0 Å². The quantitative estimate of drug-likeness (QED) is 0.777. The number of unbranched alkanes of at least 4 members (excludes halogenated alkanes) is 1. The van der Waals surface area contributed by atoms with Crippen LogP contribution >= 0.6 is 11.6 Å². The molecule has 0 fully saturated rings. The summed E-state index contributed by atoms with van der Waals surface area (Å²) in [5.74, 6) is 0. The van der Waals surface area contributed by atoms with Crippen LogP contribution in [0, 0.1) is 0 Å². The summed E-state index contributed by atoms with van der Waals surface area (Å²) in [6, 6.07) is 5.63. The fraction of sp³-hybridized carbons (Fsp3) is 0.455. The van der Waals surface area contributed by atoms with E-state index in [0.717, 1.165) is 17.9 Å². The third-order valence-corrected chi connectivity index (χ3v) is 2.48. The van der Waals surface area contributed by atoms with Crippen LogP contribution < -0.4 is 10.6 Å². The smallest absolute Gasteiger partial charge is 0.0598 e. The standard InChI is InChI=1S/C11H17ClN2/c1-3-4-7-14(2)11-6-5-9(12)8-10(11)13/h5-6,8H,3-4,7,13H2,1-2H3. The second kappa shape index (κ2) is 5.11. The second-order valence-electron chi connectivity index (χ2n) is 3.48. The van der Waals surface area contributed by atoms with E-state index in [1.54, 1.807) is 6.07 Å². The van der Waals surface area contributed by atoms with Gasteiger partial charge in [-0.3, -0.25) is 0 Å². The van der Waals surface area contributed by atoms with Gasteiger partial charge in [-0.15, -0.1) is 0 Å². The fourth-order valence-corrected chi connectivity index (χ4v) is 1.57. The zero-order valence-electron chi connectivity index (χ0n) is 8.76. The number of benzene rings is 1. The third kappa shape index (κ3) is 2.81. The molecular weight excluding hydrogens is 196 g/mol. The largest absolute Gasteiger partial charge is 0.397 e. The number of halogens is 1. The monoisotopic (exact) mass is 212 g/mol. The number of hydrogen-bond donors (Lipinski definition) is 1. The maximum absolute atomic E-state index is 5.87. The summed E-state index contributed by atoms with van der Waals surface area (Å²) < 4.78 is 0. The molecule has 0 spiro atoms. The van der Waals surface area contributed by atoms with Crippen LogP contribution in [0.2, 0.25) is 5.02 Å². The molecule has 0 aliphatic rings. The van der Waals surface area contributed by atoms with Gasteiger partial charge in [0.1, 0.15) is 0 Å². The molecule has 0 aromatic heterocycles. The lowest BCUT2D eigenvalue weighted by Crippen LogP contribution is -2.19. The lowest BCUT2D eigenvalue weighted by molar-refractivity contribution is 0.767. The Bertz CT molecular complexity index is 299. The molecule has 0 aliphatic carbocycles. The Morgan fingerprint density at radius 1 is 1.43 bits per heavy atom. The van der Waals surface area contributed by atoms with Crippen molar-refractivity contribution in [2.45, 2.75) is 19.8 Å². The first-order valence-corrected chi connectivity index (χ1v) is 5.29. The van der Waals surface area contributed by atoms with Gasteiger partial charge in [-0.05, 0) is 24.6 Å². The Balaban J connectivity index is 2.74. The molecule has 0 heterocycles. The Morgan fingerprint density at radius 2 is 2.14 bits per heavy atom. The average Bonchev–Trinajstić information content (AvgIpc) is 2.14. The molecule has 0 radical (unpaired) electrons. The second-order valence-corrected chi connectivity index (χ2v) is 3.91. The first-order valence-electron chi connectivity index (χ1n) is 4.91. The van der Waals surface area contributed by atoms with E-state index < -0.39 is 0 Å². The number of nitrogens with zero attached hydrogens (tertiary/aromatic N) is 1. The molecule has 0 saturated heterocycles. The Morgan fingerprint density at radius 3 is 2.71 bits per heavy atom. The number of hydrogen-bond acceptors (Lipinski definition) is 2. The summed E-state index contributed by atoms with van der Waals surface area (Å²) in [5, 5.41) is 0.690. The molecule has 2 N–H and O–H groups in total. The molecule has 1 aromatic rings. The predicted octanol–water partition coefficient (Wildman–Crippen LogP) is 3.16. The molecule has 0 aliphatic heterocycles. The highest BCUT2D eigenvalue weighted by molar-refractivity contribution is 6.31. The van der Waals surface area contributed by atoms with Crippen LogP contribution in [-0.4, -0.2) is 13.6 Å². The molecule has 0 amide bonds. The van der Waals surface area contributed by atoms with Gasteiger partial charge in [0.15, 0.2) is 0 Å². The third-order valence-electron chi connectivity index (χ3n) is 2.25. The summed E-state index contributed by atoms with van der Waals surface area (Å²) in [5.41, 5.74) is 7.67. The summed E-state index contributed by atoms with van der Waals surface area (Å²) in [4.78, 5) is 2.16. The number of anilines is 2. The van der Waals surface area contributed by atoms with Crippen LogP contribution in [0.1, 0.15) is 19.8 Å². The Labute approximate surface area is 90.7 Å². The lowest BCUT2D eigenvalue weighted by Gasteiger charge is -2.20. The molecule has 1 aromatic carbocycles. The van der Waals surface area contributed by atoms with Crippen molar-refractivity contribution in [1.82, 2.24) is 0 Å². The van der Waals surface area contributed by atoms with E-state index in [9.17, 15) is 0 Å². The van der Waals surface area contributed by atoms with Crippen LogP contribution in [-0.2, 0) is 0 Å². The van der Waals surface area contributed by atoms with E-state index in [-0.39, 0.29) is 0 Å². The van der Waals surface area contributed by atoms with Gasteiger partial charge in [-0.2, -0.15) is 0 Å². The summed E-state index contributed by atoms with van der Waals surface area (Å²) in [6.45, 7) is 3.21. The molecular formula is C11H17ClN2. The van der Waals surface area contributed by atoms with Gasteiger partial charge in [-0.25, -0.2) is 0 Å². The van der Waals surface area contributed by atoms with Crippen LogP contribution in [0.3, 0.4) is 0 Å². The van der Waals surface area contributed by atoms with Gasteiger partial charge >= 0.3 is 0 Å². The van der Waals surface area contributed by atoms with Crippen LogP contribution in [0.15, 0.2) is 18.2 Å². The predicted molar refractivity (Wildman–Crippen MR) is 64.0 cm³/mol. The maximum atomic E-state index is 5.87. The van der Waals surface area contributed by atoms with Gasteiger partial charge < -0.3 is 10.6 Å². The number of nitrogen functional groups attached to an aromatic ring is 1. The first-order chi connectivity index (χ1) is 6.65. The van der Waals surface area contributed by atoms with Crippen molar-refractivity contribution in [2.75, 3.05) is 24.2 Å². The minimum atomic E-state index is 0.690. The molecule has 0 saturated carbocycles. The van der Waals surface area contributed by atoms with E-state index in [2.05, 4.69) is 18.9 Å². The zero-order valence-corrected chi connectivity index (χ0v) is 9.51. The van der Waals surface area contributed by atoms with Crippen molar-refractivity contribution in [1.29, 1.82) is 0 Å². The van der Waals surface area contributed by atoms with E-state index >= 15 is 0 Å². The van der Waals surface area contributed by atoms with E-state index in [1.807, 2.05) is 12.1 Å². The van der Waals surface area contributed by atoms with Crippen molar-refractivity contribution >= 4 is 23.0 Å². The van der Waals surface area contributed by atoms with Gasteiger partial charge in [0.2, 0.25) is 0 Å². The van der Waals surface area contributed by atoms with Crippen molar-refractivity contribution in [2.24, 2.45) is 0 Å². The summed E-state index contributed by atoms with van der Waals surface area (Å²) in [6.07, 6.45) is 2.37.